The average molecular weight is 660 g/mol. The molecule has 0 aromatic heterocycles. The summed E-state index contributed by atoms with van der Waals surface area (Å²) in [6.07, 6.45) is 0. The lowest BCUT2D eigenvalue weighted by molar-refractivity contribution is -0.140. The molecular weight excluding hydrogens is 644 g/mol. The molecule has 2 aromatic rings. The van der Waals surface area contributed by atoms with Gasteiger partial charge in [-0.25, -0.2) is 9.59 Å². The first-order chi connectivity index (χ1) is 13.4. The lowest BCUT2D eigenvalue weighted by Crippen LogP contribution is -2.20. The van der Waals surface area contributed by atoms with Crippen molar-refractivity contribution in [3.8, 4) is 11.5 Å². The fourth-order valence-electron chi connectivity index (χ4n) is 2.55. The van der Waals surface area contributed by atoms with Crippen LogP contribution in [0.15, 0.2) is 42.2 Å². The van der Waals surface area contributed by atoms with Crippen LogP contribution in [0.3, 0.4) is 0 Å². The van der Waals surface area contributed by atoms with E-state index in [0.29, 0.717) is 29.4 Å². The molecule has 10 heteroatoms. The summed E-state index contributed by atoms with van der Waals surface area (Å²) < 4.78 is 13.1. The van der Waals surface area contributed by atoms with Crippen molar-refractivity contribution in [3.63, 3.8) is 0 Å². The predicted molar refractivity (Wildman–Crippen MR) is 122 cm³/mol. The Bertz CT molecular complexity index is 836. The third-order valence-electron chi connectivity index (χ3n) is 4.12. The highest BCUT2D eigenvalue weighted by atomic mass is 79.9. The second kappa shape index (κ2) is 9.80. The third kappa shape index (κ3) is 5.96. The van der Waals surface area contributed by atoms with E-state index in [9.17, 15) is 9.59 Å². The molecule has 156 valence electrons. The Balaban J connectivity index is 2.42. The summed E-state index contributed by atoms with van der Waals surface area (Å²) in [5.41, 5.74) is 1.43. The van der Waals surface area contributed by atoms with Gasteiger partial charge in [0.05, 0.1) is 17.9 Å². The van der Waals surface area contributed by atoms with Crippen molar-refractivity contribution in [3.05, 3.63) is 53.3 Å². The molecule has 0 fully saturated rings. The van der Waals surface area contributed by atoms with Crippen LogP contribution in [0.25, 0.3) is 0 Å². The van der Waals surface area contributed by atoms with Crippen LogP contribution in [0.2, 0.25) is 0 Å². The first-order valence-electron chi connectivity index (χ1n) is 8.11. The number of carbonyl (C=O) groups is 2. The van der Waals surface area contributed by atoms with Gasteiger partial charge in [0.25, 0.3) is 0 Å². The smallest absolute Gasteiger partial charge is 0.341 e. The molecule has 0 spiro atoms. The Morgan fingerprint density at radius 2 is 1.03 bits per heavy atom. The van der Waals surface area contributed by atoms with Crippen LogP contribution in [0.4, 0.5) is 0 Å². The summed E-state index contributed by atoms with van der Waals surface area (Å²) >= 11 is 13.8. The van der Waals surface area contributed by atoms with Gasteiger partial charge in [0, 0.05) is 5.41 Å². The zero-order valence-electron chi connectivity index (χ0n) is 15.3. The van der Waals surface area contributed by atoms with Crippen molar-refractivity contribution >= 4 is 75.7 Å². The van der Waals surface area contributed by atoms with Crippen LogP contribution in [0, 0.1) is 0 Å². The van der Waals surface area contributed by atoms with Gasteiger partial charge in [-0.2, -0.15) is 0 Å². The van der Waals surface area contributed by atoms with Crippen LogP contribution >= 0.6 is 63.7 Å². The summed E-state index contributed by atoms with van der Waals surface area (Å²) in [5, 5.41) is 17.6. The van der Waals surface area contributed by atoms with Crippen LogP contribution < -0.4 is 9.47 Å². The number of benzene rings is 2. The zero-order valence-corrected chi connectivity index (χ0v) is 21.6. The molecule has 6 nitrogen and oxygen atoms in total. The molecule has 0 aliphatic carbocycles. The number of aliphatic carboxylic acids is 2. The van der Waals surface area contributed by atoms with Crippen molar-refractivity contribution in [2.75, 3.05) is 13.2 Å². The maximum atomic E-state index is 10.8. The summed E-state index contributed by atoms with van der Waals surface area (Å²) in [5.74, 6) is -1.31. The van der Waals surface area contributed by atoms with E-state index in [-0.39, 0.29) is 0 Å². The molecular formula is C19H16Br4O6. The minimum atomic E-state index is -1.06. The highest BCUT2D eigenvalue weighted by Crippen LogP contribution is 2.44. The molecule has 0 bridgehead atoms. The van der Waals surface area contributed by atoms with Gasteiger partial charge in [0.1, 0.15) is 11.5 Å². The molecule has 2 rings (SSSR count). The Kier molecular flexibility index (Phi) is 8.17. The van der Waals surface area contributed by atoms with Crippen LogP contribution in [-0.2, 0) is 15.0 Å². The van der Waals surface area contributed by atoms with Gasteiger partial charge in [-0.05, 0) is 99.1 Å². The molecule has 2 N–H and O–H groups in total. The Morgan fingerprint density at radius 1 is 0.759 bits per heavy atom. The van der Waals surface area contributed by atoms with Crippen LogP contribution in [-0.4, -0.2) is 35.4 Å². The summed E-state index contributed by atoms with van der Waals surface area (Å²) in [6, 6.07) is 7.49. The minimum absolute atomic E-state index is 0.409. The fourth-order valence-corrected chi connectivity index (χ4v) is 5.38. The first kappa shape index (κ1) is 24.2. The number of hydrogen-bond donors (Lipinski definition) is 2. The van der Waals surface area contributed by atoms with Gasteiger partial charge >= 0.3 is 11.9 Å². The van der Waals surface area contributed by atoms with E-state index in [0.717, 1.165) is 11.1 Å². The van der Waals surface area contributed by atoms with Gasteiger partial charge in [-0.1, -0.05) is 13.8 Å². The highest BCUT2D eigenvalue weighted by molar-refractivity contribution is 9.11. The van der Waals surface area contributed by atoms with E-state index in [2.05, 4.69) is 63.7 Å². The maximum absolute atomic E-state index is 10.8. The van der Waals surface area contributed by atoms with E-state index in [1.807, 2.05) is 38.1 Å². The Labute approximate surface area is 201 Å². The normalized spacial score (nSPS) is 11.2. The van der Waals surface area contributed by atoms with Crippen molar-refractivity contribution < 1.29 is 29.3 Å². The number of carboxylic acid groups (broad SMARTS) is 2. The lowest BCUT2D eigenvalue weighted by Gasteiger charge is -2.28. The van der Waals surface area contributed by atoms with Gasteiger partial charge < -0.3 is 19.7 Å². The average Bonchev–Trinajstić information content (AvgIpc) is 2.59. The second-order valence-electron chi connectivity index (χ2n) is 6.53. The first-order valence-corrected chi connectivity index (χ1v) is 11.3. The van der Waals surface area contributed by atoms with E-state index in [1.165, 1.54) is 0 Å². The molecule has 0 saturated carbocycles. The summed E-state index contributed by atoms with van der Waals surface area (Å²) in [7, 11) is 0. The van der Waals surface area contributed by atoms with Crippen molar-refractivity contribution in [2.45, 2.75) is 19.3 Å². The van der Waals surface area contributed by atoms with Crippen LogP contribution in [0.1, 0.15) is 25.0 Å². The SMILES string of the molecule is CC(C)(c1cc(Br)c(OCC(=O)O)c(Br)c1)c1cc(Br)c(OCC(=O)O)c(Br)c1. The summed E-state index contributed by atoms with van der Waals surface area (Å²) in [6.45, 7) is 3.17. The number of hydrogen-bond acceptors (Lipinski definition) is 4. The lowest BCUT2D eigenvalue weighted by atomic mass is 9.78. The molecule has 0 saturated heterocycles. The topological polar surface area (TPSA) is 93.1 Å². The monoisotopic (exact) mass is 656 g/mol. The number of rotatable bonds is 8. The molecule has 0 amide bonds. The highest BCUT2D eigenvalue weighted by Gasteiger charge is 2.27. The molecule has 0 aliphatic heterocycles. The fraction of sp³-hybridized carbons (Fsp3) is 0.263. The molecule has 0 unspecified atom stereocenters. The Hall–Kier alpha value is -1.10. The number of ether oxygens (including phenoxy) is 2. The second-order valence-corrected chi connectivity index (χ2v) is 9.95. The van der Waals surface area contributed by atoms with E-state index >= 15 is 0 Å². The van der Waals surface area contributed by atoms with Gasteiger partial charge in [0.15, 0.2) is 13.2 Å². The summed E-state index contributed by atoms with van der Waals surface area (Å²) in [4.78, 5) is 21.5. The molecule has 0 heterocycles. The largest absolute Gasteiger partial charge is 0.480 e. The minimum Gasteiger partial charge on any atom is -0.480 e. The number of carboxylic acids is 2. The molecule has 0 aliphatic rings. The van der Waals surface area contributed by atoms with Gasteiger partial charge in [-0.15, -0.1) is 0 Å². The Morgan fingerprint density at radius 3 is 1.28 bits per heavy atom. The standard InChI is InChI=1S/C19H16Br4O6/c1-19(2,9-3-11(20)17(12(21)4-9)28-7-15(24)25)10-5-13(22)18(14(23)6-10)29-8-16(26)27/h3-6H,7-8H2,1-2H3,(H,24,25)(H,26,27). The van der Waals surface area contributed by atoms with Crippen molar-refractivity contribution in [1.29, 1.82) is 0 Å². The molecule has 0 radical (unpaired) electrons. The van der Waals surface area contributed by atoms with E-state index in [4.69, 9.17) is 19.7 Å². The maximum Gasteiger partial charge on any atom is 0.341 e. The zero-order chi connectivity index (χ0) is 21.9. The van der Waals surface area contributed by atoms with E-state index in [1.54, 1.807) is 0 Å². The third-order valence-corrected chi connectivity index (χ3v) is 6.48. The quantitative estimate of drug-likeness (QED) is 0.362. The molecule has 2 aromatic carbocycles. The molecule has 29 heavy (non-hydrogen) atoms. The number of halogens is 4. The van der Waals surface area contributed by atoms with Gasteiger partial charge in [0.2, 0.25) is 0 Å². The van der Waals surface area contributed by atoms with Crippen molar-refractivity contribution in [2.24, 2.45) is 0 Å². The van der Waals surface area contributed by atoms with Crippen LogP contribution in [0.5, 0.6) is 11.5 Å². The predicted octanol–water partition coefficient (Wildman–Crippen LogP) is 5.99. The van der Waals surface area contributed by atoms with E-state index < -0.39 is 30.6 Å². The van der Waals surface area contributed by atoms with Gasteiger partial charge in [-0.3, -0.25) is 0 Å². The van der Waals surface area contributed by atoms with Crippen molar-refractivity contribution in [1.82, 2.24) is 0 Å². The molecule has 0 atom stereocenters.